The zero-order chi connectivity index (χ0) is 37.0. The van der Waals surface area contributed by atoms with Crippen LogP contribution in [0.3, 0.4) is 0 Å². The van der Waals surface area contributed by atoms with Gasteiger partial charge in [0.1, 0.15) is 18.0 Å². The van der Waals surface area contributed by atoms with Crippen LogP contribution >= 0.6 is 0 Å². The van der Waals surface area contributed by atoms with Crippen LogP contribution in [0, 0.1) is 40.9 Å². The maximum Gasteiger partial charge on any atom is 0.338 e. The lowest BCUT2D eigenvalue weighted by Gasteiger charge is -2.51. The molecule has 1 spiro atoms. The Bertz CT molecular complexity index is 2030. The predicted octanol–water partition coefficient (Wildman–Crippen LogP) is 6.70. The van der Waals surface area contributed by atoms with Gasteiger partial charge in [-0.3, -0.25) is 4.79 Å². The lowest BCUT2D eigenvalue weighted by molar-refractivity contribution is -0.207. The van der Waals surface area contributed by atoms with Crippen molar-refractivity contribution in [2.45, 2.75) is 74.8 Å². The third-order valence-corrected chi connectivity index (χ3v) is 14.2. The number of rotatable bonds is 4. The van der Waals surface area contributed by atoms with Gasteiger partial charge in [0, 0.05) is 41.2 Å². The molecule has 9 nitrogen and oxygen atoms in total. The summed E-state index contributed by atoms with van der Waals surface area (Å²) in [5.41, 5.74) is -1.95. The molecule has 0 aromatic heterocycles. The van der Waals surface area contributed by atoms with Gasteiger partial charge < -0.3 is 18.9 Å². The van der Waals surface area contributed by atoms with Crippen LogP contribution in [0.2, 0.25) is 0 Å². The van der Waals surface area contributed by atoms with Gasteiger partial charge in [-0.05, 0) is 81.0 Å². The molecule has 11 atom stereocenters. The molecule has 7 fully saturated rings. The second-order valence-electron chi connectivity index (χ2n) is 16.2. The summed E-state index contributed by atoms with van der Waals surface area (Å²) >= 11 is 0. The number of fused-ring (bicyclic) bond motifs is 10. The molecule has 5 saturated carbocycles. The molecule has 2 aromatic carbocycles. The number of carbonyl (C=O) groups is 5. The molecule has 0 radical (unpaired) electrons. The minimum Gasteiger partial charge on any atom is -0.458 e. The van der Waals surface area contributed by atoms with Gasteiger partial charge in [0.25, 0.3) is 0 Å². The van der Waals surface area contributed by atoms with E-state index in [2.05, 4.69) is 26.3 Å². The fraction of sp³-hybridized carbons (Fsp3) is 0.432. The van der Waals surface area contributed by atoms with Gasteiger partial charge in [-0.15, -0.1) is 0 Å². The van der Waals surface area contributed by atoms with E-state index in [-0.39, 0.29) is 54.4 Å². The predicted molar refractivity (Wildman–Crippen MR) is 191 cm³/mol. The van der Waals surface area contributed by atoms with E-state index >= 15 is 4.79 Å². The minimum atomic E-state index is -1.78. The second kappa shape index (κ2) is 11.7. The first-order valence-corrected chi connectivity index (χ1v) is 18.7. The van der Waals surface area contributed by atoms with E-state index in [1.165, 1.54) is 0 Å². The van der Waals surface area contributed by atoms with Crippen LogP contribution in [0.1, 0.15) is 72.1 Å². The normalized spacial score (nSPS) is 39.7. The Hall–Kier alpha value is -5.05. The number of carbonyl (C=O) groups excluding carboxylic acids is 5. The molecule has 0 bridgehead atoms. The lowest BCUT2D eigenvalue weighted by Crippen LogP contribution is -2.66. The highest BCUT2D eigenvalue weighted by atomic mass is 16.6. The van der Waals surface area contributed by atoms with Crippen molar-refractivity contribution in [1.82, 2.24) is 0 Å². The molecule has 272 valence electrons. The molecule has 0 N–H and O–H groups in total. The molecular formula is C44H42O9. The van der Waals surface area contributed by atoms with E-state index in [9.17, 15) is 19.2 Å². The van der Waals surface area contributed by atoms with Crippen molar-refractivity contribution in [3.63, 3.8) is 0 Å². The van der Waals surface area contributed by atoms with Crippen molar-refractivity contribution >= 4 is 29.7 Å². The van der Waals surface area contributed by atoms with Crippen LogP contribution in [-0.2, 0) is 33.3 Å². The van der Waals surface area contributed by atoms with Crippen molar-refractivity contribution in [3.05, 3.63) is 120 Å². The van der Waals surface area contributed by atoms with Crippen molar-refractivity contribution in [2.75, 3.05) is 0 Å². The molecule has 53 heavy (non-hydrogen) atoms. The first-order chi connectivity index (χ1) is 25.4. The zero-order valence-corrected chi connectivity index (χ0v) is 29.6. The number of hydrogen-bond donors (Lipinski definition) is 0. The number of ketones is 1. The fourth-order valence-corrected chi connectivity index (χ4v) is 12.0. The van der Waals surface area contributed by atoms with Gasteiger partial charge in [-0.1, -0.05) is 73.9 Å². The first kappa shape index (κ1) is 33.8. The molecule has 2 aromatic rings. The monoisotopic (exact) mass is 714 g/mol. The van der Waals surface area contributed by atoms with Gasteiger partial charge in [0.15, 0.2) is 11.2 Å². The van der Waals surface area contributed by atoms with Crippen molar-refractivity contribution in [1.29, 1.82) is 0 Å². The smallest absolute Gasteiger partial charge is 0.338 e. The summed E-state index contributed by atoms with van der Waals surface area (Å²) in [6, 6.07) is 17.1. The van der Waals surface area contributed by atoms with Gasteiger partial charge in [-0.25, -0.2) is 19.2 Å². The summed E-state index contributed by atoms with van der Waals surface area (Å²) in [6.07, 6.45) is 1.27. The van der Waals surface area contributed by atoms with E-state index in [1.807, 2.05) is 0 Å². The van der Waals surface area contributed by atoms with E-state index in [0.717, 1.165) is 11.1 Å². The summed E-state index contributed by atoms with van der Waals surface area (Å²) in [5, 5.41) is 0. The first-order valence-electron chi connectivity index (χ1n) is 18.7. The van der Waals surface area contributed by atoms with Gasteiger partial charge in [-0.2, -0.15) is 0 Å². The Morgan fingerprint density at radius 2 is 1.15 bits per heavy atom. The quantitative estimate of drug-likeness (QED) is 0.148. The maximum absolute atomic E-state index is 15.4. The second-order valence-corrected chi connectivity index (χ2v) is 16.2. The van der Waals surface area contributed by atoms with E-state index < -0.39 is 76.4 Å². The van der Waals surface area contributed by atoms with Crippen LogP contribution in [0.5, 0.6) is 0 Å². The van der Waals surface area contributed by atoms with Gasteiger partial charge >= 0.3 is 23.9 Å². The van der Waals surface area contributed by atoms with Gasteiger partial charge in [0.05, 0.1) is 16.5 Å². The summed E-state index contributed by atoms with van der Waals surface area (Å²) in [5.74, 6) is -5.47. The zero-order valence-electron chi connectivity index (χ0n) is 29.6. The number of hydrogen-bond acceptors (Lipinski definition) is 9. The van der Waals surface area contributed by atoms with Crippen molar-refractivity contribution < 1.29 is 42.9 Å². The molecule has 2 heterocycles. The van der Waals surface area contributed by atoms with Crippen LogP contribution in [0.15, 0.2) is 109 Å². The van der Waals surface area contributed by atoms with Crippen molar-refractivity contribution in [2.24, 2.45) is 40.9 Å². The minimum absolute atomic E-state index is 0.0953. The Labute approximate surface area is 308 Å². The van der Waals surface area contributed by atoms with E-state index in [0.29, 0.717) is 36.8 Å². The van der Waals surface area contributed by atoms with Crippen LogP contribution in [0.25, 0.3) is 0 Å². The molecule has 9 rings (SSSR count). The van der Waals surface area contributed by atoms with Crippen LogP contribution in [-0.4, -0.2) is 53.1 Å². The largest absolute Gasteiger partial charge is 0.458 e. The molecule has 2 aliphatic heterocycles. The summed E-state index contributed by atoms with van der Waals surface area (Å²) in [6.45, 7) is 17.2. The molecule has 7 aliphatic rings. The number of ether oxygens (including phenoxy) is 4. The topological polar surface area (TPSA) is 122 Å². The SMILES string of the molecule is C=C1CC[C@H]2C(=C)C(=O)O[C@@H]2C2[C@H]1CC(=O)[C@]21CC[C@]2(OC(=O)c3ccccc3)[C@@H]3[C@H]4OC(=O)C(=C)[C@@H]4CCC(=C)[C@@H]3C[C@@]21OC(=O)c1ccccc1. The van der Waals surface area contributed by atoms with Crippen molar-refractivity contribution in [3.8, 4) is 0 Å². The molecule has 5 aliphatic carbocycles. The highest BCUT2D eigenvalue weighted by molar-refractivity contribution is 5.96. The van der Waals surface area contributed by atoms with E-state index in [4.69, 9.17) is 18.9 Å². The third-order valence-electron chi connectivity index (χ3n) is 14.2. The molecular weight excluding hydrogens is 672 g/mol. The Balaban J connectivity index is 1.32. The number of Topliss-reactive ketones (excluding diaryl/α,β-unsaturated/α-hetero) is 1. The highest BCUT2D eigenvalue weighted by Gasteiger charge is 2.87. The maximum atomic E-state index is 15.4. The van der Waals surface area contributed by atoms with E-state index in [1.54, 1.807) is 60.7 Å². The fourth-order valence-electron chi connectivity index (χ4n) is 12.0. The van der Waals surface area contributed by atoms with Gasteiger partial charge in [0.2, 0.25) is 0 Å². The summed E-state index contributed by atoms with van der Waals surface area (Å²) in [4.78, 5) is 71.2. The average molecular weight is 715 g/mol. The Morgan fingerprint density at radius 3 is 1.72 bits per heavy atom. The average Bonchev–Trinajstić information content (AvgIpc) is 3.82. The number of benzene rings is 2. The summed E-state index contributed by atoms with van der Waals surface area (Å²) in [7, 11) is 0. The molecule has 1 unspecified atom stereocenters. The standard InChI is InChI=1S/C44H42O9/c1-23-15-17-29-25(3)38(46)50-36(29)34-31(23)21-33(45)42(34)19-20-43(52-40(48)27-11-7-5-8-12-27)35-32(24(2)16-18-30-26(4)39(47)51-37(30)35)22-44(42,43)53-41(49)28-13-9-6-10-14-28/h5-14,29-32,34-37H,1-4,15-22H2/t29-,30-,31-,32-,34?,35-,36-,37-,42+,43-,44-/m0/s1. The van der Waals surface area contributed by atoms with Crippen LogP contribution in [0.4, 0.5) is 0 Å². The third kappa shape index (κ3) is 4.39. The Kier molecular flexibility index (Phi) is 7.47. The highest BCUT2D eigenvalue weighted by Crippen LogP contribution is 2.76. The lowest BCUT2D eigenvalue weighted by atomic mass is 9.59. The Morgan fingerprint density at radius 1 is 0.642 bits per heavy atom. The number of esters is 4. The molecule has 9 heteroatoms. The molecule has 0 amide bonds. The number of allylic oxidation sites excluding steroid dienone is 2. The summed E-state index contributed by atoms with van der Waals surface area (Å²) < 4.78 is 26.4. The van der Waals surface area contributed by atoms with Crippen LogP contribution < -0.4 is 0 Å². The molecule has 2 saturated heterocycles.